The summed E-state index contributed by atoms with van der Waals surface area (Å²) < 4.78 is 0. The average Bonchev–Trinajstić information content (AvgIpc) is 3.20. The first-order valence-electron chi connectivity index (χ1n) is 7.78. The van der Waals surface area contributed by atoms with Crippen LogP contribution < -0.4 is 15.5 Å². The highest BCUT2D eigenvalue weighted by molar-refractivity contribution is 5.98. The number of carbonyl (C=O) groups excluding carboxylic acids is 1. The van der Waals surface area contributed by atoms with Gasteiger partial charge in [-0.25, -0.2) is 0 Å². The lowest BCUT2D eigenvalue weighted by molar-refractivity contribution is -0.117. The van der Waals surface area contributed by atoms with Crippen molar-refractivity contribution in [1.82, 2.24) is 10.6 Å². The van der Waals surface area contributed by atoms with Crippen molar-refractivity contribution in [2.45, 2.75) is 25.3 Å². The molecule has 0 bridgehead atoms. The van der Waals surface area contributed by atoms with Gasteiger partial charge in [0, 0.05) is 25.3 Å². The molecule has 0 fully saturated rings. The lowest BCUT2D eigenvalue weighted by Crippen LogP contribution is -2.47. The zero-order valence-corrected chi connectivity index (χ0v) is 12.9. The minimum Gasteiger partial charge on any atom is -0.353 e. The van der Waals surface area contributed by atoms with Crippen LogP contribution in [0.2, 0.25) is 0 Å². The molecule has 0 saturated heterocycles. The maximum Gasteiger partial charge on any atom is 0.246 e. The van der Waals surface area contributed by atoms with Gasteiger partial charge in [-0.05, 0) is 30.9 Å². The van der Waals surface area contributed by atoms with E-state index in [0.717, 1.165) is 31.5 Å². The van der Waals surface area contributed by atoms with Crippen LogP contribution in [0.15, 0.2) is 41.4 Å². The Morgan fingerprint density at radius 1 is 1.32 bits per heavy atom. The fourth-order valence-electron chi connectivity index (χ4n) is 2.98. The van der Waals surface area contributed by atoms with Gasteiger partial charge in [0.25, 0.3) is 0 Å². The first kappa shape index (κ1) is 14.6. The molecular formula is C17H22N4O. The van der Waals surface area contributed by atoms with Gasteiger partial charge in [0.2, 0.25) is 5.91 Å². The molecule has 0 saturated carbocycles. The molecule has 5 heteroatoms. The molecule has 1 amide bonds. The second kappa shape index (κ2) is 6.64. The Kier molecular flexibility index (Phi) is 4.42. The summed E-state index contributed by atoms with van der Waals surface area (Å²) in [5.74, 6) is 0.770. The number of para-hydroxylation sites is 1. The molecule has 22 heavy (non-hydrogen) atoms. The molecule has 2 N–H and O–H groups in total. The zero-order chi connectivity index (χ0) is 15.4. The quantitative estimate of drug-likeness (QED) is 0.505. The second-order valence-electron chi connectivity index (χ2n) is 5.63. The van der Waals surface area contributed by atoms with E-state index in [0.29, 0.717) is 12.0 Å². The highest BCUT2D eigenvalue weighted by atomic mass is 16.2. The summed E-state index contributed by atoms with van der Waals surface area (Å²) in [4.78, 5) is 18.5. The number of nitrogens with zero attached hydrogens (tertiary/aromatic N) is 2. The maximum absolute atomic E-state index is 12.4. The van der Waals surface area contributed by atoms with Gasteiger partial charge in [-0.1, -0.05) is 30.4 Å². The number of hydrogen-bond donors (Lipinski definition) is 2. The number of rotatable bonds is 3. The van der Waals surface area contributed by atoms with E-state index in [2.05, 4.69) is 33.8 Å². The Morgan fingerprint density at radius 2 is 2.09 bits per heavy atom. The van der Waals surface area contributed by atoms with Crippen molar-refractivity contribution in [3.63, 3.8) is 0 Å². The number of fused-ring (bicyclic) bond motifs is 1. The lowest BCUT2D eigenvalue weighted by atomic mass is 10.2. The molecule has 116 valence electrons. The number of nitrogens with one attached hydrogen (secondary N) is 2. The van der Waals surface area contributed by atoms with Crippen molar-refractivity contribution in [2.75, 3.05) is 25.0 Å². The van der Waals surface area contributed by atoms with Gasteiger partial charge in [-0.3, -0.25) is 9.79 Å². The molecule has 2 aliphatic rings. The van der Waals surface area contributed by atoms with Crippen molar-refractivity contribution in [1.29, 1.82) is 0 Å². The summed E-state index contributed by atoms with van der Waals surface area (Å²) in [7, 11) is 1.73. The van der Waals surface area contributed by atoms with Crippen LogP contribution in [0.25, 0.3) is 0 Å². The van der Waals surface area contributed by atoms with Crippen molar-refractivity contribution in [2.24, 2.45) is 4.99 Å². The van der Waals surface area contributed by atoms with Crippen LogP contribution in [-0.2, 0) is 11.2 Å². The molecule has 1 aliphatic heterocycles. The summed E-state index contributed by atoms with van der Waals surface area (Å²) in [5.41, 5.74) is 2.28. The Balaban J connectivity index is 1.54. The summed E-state index contributed by atoms with van der Waals surface area (Å²) in [5, 5.41) is 6.46. The van der Waals surface area contributed by atoms with E-state index in [9.17, 15) is 4.79 Å². The van der Waals surface area contributed by atoms with E-state index in [1.165, 1.54) is 5.56 Å². The number of hydrogen-bond acceptors (Lipinski definition) is 2. The normalized spacial score (nSPS) is 17.7. The number of anilines is 1. The van der Waals surface area contributed by atoms with Crippen LogP contribution >= 0.6 is 0 Å². The molecule has 0 spiro atoms. The Labute approximate surface area is 131 Å². The Bertz CT molecular complexity index is 600. The van der Waals surface area contributed by atoms with E-state index < -0.39 is 0 Å². The van der Waals surface area contributed by atoms with Crippen molar-refractivity contribution in [3.8, 4) is 0 Å². The third-order valence-electron chi connectivity index (χ3n) is 4.17. The van der Waals surface area contributed by atoms with E-state index in [1.54, 1.807) is 7.05 Å². The van der Waals surface area contributed by atoms with Crippen molar-refractivity contribution in [3.05, 3.63) is 42.0 Å². The predicted octanol–water partition coefficient (Wildman–Crippen LogP) is 1.46. The highest BCUT2D eigenvalue weighted by Gasteiger charge is 2.24. The van der Waals surface area contributed by atoms with Gasteiger partial charge in [0.1, 0.15) is 0 Å². The zero-order valence-electron chi connectivity index (χ0n) is 12.9. The molecular weight excluding hydrogens is 276 g/mol. The smallest absolute Gasteiger partial charge is 0.246 e. The topological polar surface area (TPSA) is 56.7 Å². The number of aliphatic imine (C=N–C) groups is 1. The SMILES string of the molecule is CN=C(NCC(=O)N1CCc2ccccc21)NC1CC=CC1. The van der Waals surface area contributed by atoms with Gasteiger partial charge < -0.3 is 15.5 Å². The minimum absolute atomic E-state index is 0.0810. The van der Waals surface area contributed by atoms with Crippen molar-refractivity contribution >= 4 is 17.6 Å². The molecule has 3 rings (SSSR count). The third kappa shape index (κ3) is 3.13. The predicted molar refractivity (Wildman–Crippen MR) is 89.2 cm³/mol. The van der Waals surface area contributed by atoms with E-state index in [4.69, 9.17) is 0 Å². The average molecular weight is 298 g/mol. The van der Waals surface area contributed by atoms with Gasteiger partial charge in [-0.15, -0.1) is 0 Å². The molecule has 1 aromatic rings. The van der Waals surface area contributed by atoms with Crippen LogP contribution in [-0.4, -0.2) is 38.0 Å². The Morgan fingerprint density at radius 3 is 2.86 bits per heavy atom. The van der Waals surface area contributed by atoms with E-state index in [-0.39, 0.29) is 12.5 Å². The molecule has 1 aliphatic carbocycles. The first-order chi connectivity index (χ1) is 10.8. The maximum atomic E-state index is 12.4. The molecule has 0 radical (unpaired) electrons. The summed E-state index contributed by atoms with van der Waals surface area (Å²) in [6, 6.07) is 8.48. The monoisotopic (exact) mass is 298 g/mol. The first-order valence-corrected chi connectivity index (χ1v) is 7.78. The molecule has 0 aromatic heterocycles. The second-order valence-corrected chi connectivity index (χ2v) is 5.63. The van der Waals surface area contributed by atoms with Crippen LogP contribution in [0, 0.1) is 0 Å². The standard InChI is InChI=1S/C17H22N4O/c1-18-17(20-14-7-3-4-8-14)19-12-16(22)21-11-10-13-6-2-5-9-15(13)21/h2-6,9,14H,7-8,10-12H2,1H3,(H2,18,19,20). The summed E-state index contributed by atoms with van der Waals surface area (Å²) in [6.07, 6.45) is 7.28. The fraction of sp³-hybridized carbons (Fsp3) is 0.412. The van der Waals surface area contributed by atoms with E-state index in [1.807, 2.05) is 23.1 Å². The number of carbonyl (C=O) groups is 1. The van der Waals surface area contributed by atoms with Gasteiger partial charge in [0.15, 0.2) is 5.96 Å². The summed E-state index contributed by atoms with van der Waals surface area (Å²) >= 11 is 0. The van der Waals surface area contributed by atoms with Crippen LogP contribution in [0.1, 0.15) is 18.4 Å². The highest BCUT2D eigenvalue weighted by Crippen LogP contribution is 2.27. The largest absolute Gasteiger partial charge is 0.353 e. The molecule has 0 atom stereocenters. The Hall–Kier alpha value is -2.30. The van der Waals surface area contributed by atoms with Gasteiger partial charge >= 0.3 is 0 Å². The van der Waals surface area contributed by atoms with E-state index >= 15 is 0 Å². The molecule has 1 aromatic carbocycles. The van der Waals surface area contributed by atoms with Crippen LogP contribution in [0.4, 0.5) is 5.69 Å². The van der Waals surface area contributed by atoms with Gasteiger partial charge in [0.05, 0.1) is 6.54 Å². The van der Waals surface area contributed by atoms with Crippen LogP contribution in [0.5, 0.6) is 0 Å². The summed E-state index contributed by atoms with van der Waals surface area (Å²) in [6.45, 7) is 1.02. The van der Waals surface area contributed by atoms with Gasteiger partial charge in [-0.2, -0.15) is 0 Å². The minimum atomic E-state index is 0.0810. The fourth-order valence-corrected chi connectivity index (χ4v) is 2.98. The molecule has 5 nitrogen and oxygen atoms in total. The van der Waals surface area contributed by atoms with Crippen LogP contribution in [0.3, 0.4) is 0 Å². The third-order valence-corrected chi connectivity index (χ3v) is 4.17. The molecule has 0 unspecified atom stereocenters. The number of amides is 1. The molecule has 1 heterocycles. The number of guanidine groups is 1. The number of benzene rings is 1. The lowest BCUT2D eigenvalue weighted by Gasteiger charge is -2.20. The van der Waals surface area contributed by atoms with Crippen molar-refractivity contribution < 1.29 is 4.79 Å².